The Hall–Kier alpha value is -1.39. The second-order valence-electron chi connectivity index (χ2n) is 3.45. The van der Waals surface area contributed by atoms with Gasteiger partial charge >= 0.3 is 0 Å². The molecule has 0 aliphatic heterocycles. The first-order valence-corrected chi connectivity index (χ1v) is 5.68. The van der Waals surface area contributed by atoms with Crippen molar-refractivity contribution >= 4 is 15.9 Å². The zero-order chi connectivity index (χ0) is 11.5. The van der Waals surface area contributed by atoms with E-state index in [1.807, 2.05) is 30.3 Å². The summed E-state index contributed by atoms with van der Waals surface area (Å²) < 4.78 is 0.944. The number of benzene rings is 1. The second-order valence-corrected chi connectivity index (χ2v) is 4.30. The molecule has 0 amide bonds. The highest BCUT2D eigenvalue weighted by atomic mass is 79.9. The quantitative estimate of drug-likeness (QED) is 0.885. The molecule has 0 saturated heterocycles. The number of hydrogen-bond donors (Lipinski definition) is 2. The Kier molecular flexibility index (Phi) is 3.22. The van der Waals surface area contributed by atoms with Crippen molar-refractivity contribution in [3.05, 3.63) is 56.8 Å². The van der Waals surface area contributed by atoms with Crippen LogP contribution in [-0.4, -0.2) is 4.98 Å². The summed E-state index contributed by atoms with van der Waals surface area (Å²) in [4.78, 5) is 14.2. The Morgan fingerprint density at radius 1 is 1.25 bits per heavy atom. The number of H-pyrrole nitrogens is 1. The average molecular weight is 279 g/mol. The normalized spacial score (nSPS) is 10.4. The summed E-state index contributed by atoms with van der Waals surface area (Å²) in [7, 11) is 0. The maximum Gasteiger partial charge on any atom is 0.248 e. The Bertz CT molecular complexity index is 563. The lowest BCUT2D eigenvalue weighted by Crippen LogP contribution is -2.09. The fourth-order valence-corrected chi connectivity index (χ4v) is 2.04. The van der Waals surface area contributed by atoms with Crippen molar-refractivity contribution in [2.24, 2.45) is 5.73 Å². The molecule has 3 N–H and O–H groups in total. The predicted octanol–water partition coefficient (Wildman–Crippen LogP) is 2.26. The fraction of sp³-hybridized carbons (Fsp3) is 0.0833. The Morgan fingerprint density at radius 2 is 2.00 bits per heavy atom. The molecule has 0 saturated carbocycles. The van der Waals surface area contributed by atoms with Crippen molar-refractivity contribution in [3.8, 4) is 11.3 Å². The van der Waals surface area contributed by atoms with Crippen LogP contribution in [0.2, 0.25) is 0 Å². The van der Waals surface area contributed by atoms with E-state index in [9.17, 15) is 4.79 Å². The molecule has 3 nitrogen and oxygen atoms in total. The third kappa shape index (κ3) is 2.23. The number of nitrogens with one attached hydrogen (secondary N) is 1. The first kappa shape index (κ1) is 11.1. The van der Waals surface area contributed by atoms with Crippen LogP contribution >= 0.6 is 15.9 Å². The van der Waals surface area contributed by atoms with E-state index in [4.69, 9.17) is 5.73 Å². The lowest BCUT2D eigenvalue weighted by molar-refractivity contribution is 1.05. The summed E-state index contributed by atoms with van der Waals surface area (Å²) in [6.45, 7) is 0.362. The minimum Gasteiger partial charge on any atom is -0.326 e. The van der Waals surface area contributed by atoms with E-state index in [-0.39, 0.29) is 5.56 Å². The van der Waals surface area contributed by atoms with Crippen LogP contribution in [0.4, 0.5) is 0 Å². The van der Waals surface area contributed by atoms with E-state index in [1.165, 1.54) is 6.07 Å². The number of nitrogens with two attached hydrogens (primary N) is 1. The van der Waals surface area contributed by atoms with Gasteiger partial charge in [-0.15, -0.1) is 0 Å². The van der Waals surface area contributed by atoms with E-state index in [0.717, 1.165) is 21.3 Å². The number of halogens is 1. The number of rotatable bonds is 2. The molecule has 0 atom stereocenters. The highest BCUT2D eigenvalue weighted by Gasteiger charge is 2.04. The first-order chi connectivity index (χ1) is 7.70. The molecule has 0 spiro atoms. The zero-order valence-electron chi connectivity index (χ0n) is 8.53. The topological polar surface area (TPSA) is 58.9 Å². The number of aromatic amines is 1. The van der Waals surface area contributed by atoms with E-state index < -0.39 is 0 Å². The minimum absolute atomic E-state index is 0.131. The summed E-state index contributed by atoms with van der Waals surface area (Å²) in [6.07, 6.45) is 0. The molecule has 0 aliphatic carbocycles. The maximum atomic E-state index is 11.4. The van der Waals surface area contributed by atoms with Crippen molar-refractivity contribution in [3.63, 3.8) is 0 Å². The first-order valence-electron chi connectivity index (χ1n) is 4.89. The fourth-order valence-electron chi connectivity index (χ4n) is 1.54. The SMILES string of the molecule is NCc1cc(-c2ccccc2Br)[nH]c(=O)c1. The summed E-state index contributed by atoms with van der Waals surface area (Å²) >= 11 is 3.45. The monoisotopic (exact) mass is 278 g/mol. The van der Waals surface area contributed by atoms with Gasteiger partial charge in [0.15, 0.2) is 0 Å². The molecule has 82 valence electrons. The highest BCUT2D eigenvalue weighted by Crippen LogP contribution is 2.25. The smallest absolute Gasteiger partial charge is 0.248 e. The van der Waals surface area contributed by atoms with Gasteiger partial charge in [-0.05, 0) is 17.7 Å². The van der Waals surface area contributed by atoms with Crippen LogP contribution in [-0.2, 0) is 6.54 Å². The van der Waals surface area contributed by atoms with E-state index in [1.54, 1.807) is 0 Å². The number of pyridine rings is 1. The minimum atomic E-state index is -0.131. The van der Waals surface area contributed by atoms with Gasteiger partial charge < -0.3 is 10.7 Å². The van der Waals surface area contributed by atoms with Crippen LogP contribution in [0.5, 0.6) is 0 Å². The average Bonchev–Trinajstić information content (AvgIpc) is 2.28. The molecule has 4 heteroatoms. The Balaban J connectivity index is 2.60. The van der Waals surface area contributed by atoms with Crippen LogP contribution in [0.1, 0.15) is 5.56 Å². The second kappa shape index (κ2) is 4.63. The largest absolute Gasteiger partial charge is 0.326 e. The summed E-state index contributed by atoms with van der Waals surface area (Å²) in [5.74, 6) is 0. The van der Waals surface area contributed by atoms with Crippen molar-refractivity contribution in [1.29, 1.82) is 0 Å². The molecule has 2 rings (SSSR count). The van der Waals surface area contributed by atoms with Gasteiger partial charge in [0.1, 0.15) is 0 Å². The number of aromatic nitrogens is 1. The maximum absolute atomic E-state index is 11.4. The zero-order valence-corrected chi connectivity index (χ0v) is 10.1. The van der Waals surface area contributed by atoms with Gasteiger partial charge in [-0.2, -0.15) is 0 Å². The van der Waals surface area contributed by atoms with Crippen LogP contribution in [0, 0.1) is 0 Å². The van der Waals surface area contributed by atoms with Crippen LogP contribution < -0.4 is 11.3 Å². The molecule has 1 aromatic heterocycles. The molecule has 0 fully saturated rings. The highest BCUT2D eigenvalue weighted by molar-refractivity contribution is 9.10. The van der Waals surface area contributed by atoms with Gasteiger partial charge in [0, 0.05) is 28.3 Å². The van der Waals surface area contributed by atoms with E-state index >= 15 is 0 Å². The molecule has 0 bridgehead atoms. The molecular formula is C12H11BrN2O. The molecule has 16 heavy (non-hydrogen) atoms. The number of hydrogen-bond acceptors (Lipinski definition) is 2. The Morgan fingerprint density at radius 3 is 2.69 bits per heavy atom. The van der Waals surface area contributed by atoms with Crippen molar-refractivity contribution < 1.29 is 0 Å². The van der Waals surface area contributed by atoms with Gasteiger partial charge in [-0.25, -0.2) is 0 Å². The molecule has 1 aromatic carbocycles. The third-order valence-corrected chi connectivity index (χ3v) is 3.00. The molecule has 2 aromatic rings. The standard InChI is InChI=1S/C12H11BrN2O/c13-10-4-2-1-3-9(10)11-5-8(7-14)6-12(16)15-11/h1-6H,7,14H2,(H,15,16). The summed E-state index contributed by atoms with van der Waals surface area (Å²) in [5, 5.41) is 0. The molecule has 0 aliphatic rings. The van der Waals surface area contributed by atoms with Crippen molar-refractivity contribution in [1.82, 2.24) is 4.98 Å². The Labute approximate surface area is 101 Å². The van der Waals surface area contributed by atoms with Crippen molar-refractivity contribution in [2.45, 2.75) is 6.54 Å². The van der Waals surface area contributed by atoms with Gasteiger partial charge in [0.05, 0.1) is 0 Å². The summed E-state index contributed by atoms with van der Waals surface area (Å²) in [6, 6.07) is 11.1. The van der Waals surface area contributed by atoms with Gasteiger partial charge in [0.25, 0.3) is 0 Å². The van der Waals surface area contributed by atoms with Gasteiger partial charge in [-0.3, -0.25) is 4.79 Å². The predicted molar refractivity (Wildman–Crippen MR) is 68.1 cm³/mol. The molecular weight excluding hydrogens is 268 g/mol. The van der Waals surface area contributed by atoms with Crippen LogP contribution in [0.25, 0.3) is 11.3 Å². The van der Waals surface area contributed by atoms with E-state index in [0.29, 0.717) is 6.54 Å². The van der Waals surface area contributed by atoms with Gasteiger partial charge in [-0.1, -0.05) is 34.1 Å². The third-order valence-electron chi connectivity index (χ3n) is 2.30. The van der Waals surface area contributed by atoms with Gasteiger partial charge in [0.2, 0.25) is 5.56 Å². The van der Waals surface area contributed by atoms with Crippen LogP contribution in [0.15, 0.2) is 45.7 Å². The molecule has 1 heterocycles. The van der Waals surface area contributed by atoms with E-state index in [2.05, 4.69) is 20.9 Å². The molecule has 0 radical (unpaired) electrons. The lowest BCUT2D eigenvalue weighted by atomic mass is 10.1. The van der Waals surface area contributed by atoms with Crippen molar-refractivity contribution in [2.75, 3.05) is 0 Å². The lowest BCUT2D eigenvalue weighted by Gasteiger charge is -2.05. The molecule has 0 unspecified atom stereocenters. The van der Waals surface area contributed by atoms with Crippen LogP contribution in [0.3, 0.4) is 0 Å². The summed E-state index contributed by atoms with van der Waals surface area (Å²) in [5.41, 5.74) is 7.97.